The first-order valence-electron chi connectivity index (χ1n) is 7.64. The van der Waals surface area contributed by atoms with Gasteiger partial charge in [-0.3, -0.25) is 0 Å². The molecule has 1 N–H and O–H groups in total. The Bertz CT molecular complexity index is 486. The molecule has 1 aliphatic heterocycles. The third-order valence-corrected chi connectivity index (χ3v) is 5.62. The van der Waals surface area contributed by atoms with Crippen LogP contribution in [0.3, 0.4) is 0 Å². The molecule has 0 saturated heterocycles. The lowest BCUT2D eigenvalue weighted by Gasteiger charge is -2.19. The molecule has 0 radical (unpaired) electrons. The van der Waals surface area contributed by atoms with Gasteiger partial charge in [0.1, 0.15) is 11.4 Å². The van der Waals surface area contributed by atoms with Crippen LogP contribution in [-0.2, 0) is 13.0 Å². The minimum Gasteiger partial charge on any atom is -0.487 e. The number of thioether (sulfide) groups is 1. The summed E-state index contributed by atoms with van der Waals surface area (Å²) >= 11 is 2.01. The van der Waals surface area contributed by atoms with Gasteiger partial charge in [-0.1, -0.05) is 18.6 Å². The summed E-state index contributed by atoms with van der Waals surface area (Å²) in [5, 5.41) is 4.55. The predicted molar refractivity (Wildman–Crippen MR) is 86.6 cm³/mol. The first-order valence-corrected chi connectivity index (χ1v) is 8.93. The predicted octanol–water partition coefficient (Wildman–Crippen LogP) is 3.77. The molecule has 1 saturated carbocycles. The maximum Gasteiger partial charge on any atom is 0.123 e. The Morgan fingerprint density at radius 1 is 1.35 bits per heavy atom. The molecule has 1 aromatic rings. The molecule has 0 aromatic heterocycles. The SMILES string of the molecule is CSC1CCCC1NCc1ccc2c(c1)CC(C)(C)O2. The average Bonchev–Trinajstić information content (AvgIpc) is 2.97. The summed E-state index contributed by atoms with van der Waals surface area (Å²) in [4.78, 5) is 0. The Hall–Kier alpha value is -0.670. The minimum absolute atomic E-state index is 0.0379. The first-order chi connectivity index (χ1) is 9.57. The van der Waals surface area contributed by atoms with Gasteiger partial charge in [0, 0.05) is 24.3 Å². The molecule has 1 aromatic carbocycles. The van der Waals surface area contributed by atoms with Crippen molar-refractivity contribution in [2.45, 2.75) is 63.0 Å². The number of benzene rings is 1. The summed E-state index contributed by atoms with van der Waals surface area (Å²) in [5.41, 5.74) is 2.71. The van der Waals surface area contributed by atoms with E-state index in [1.165, 1.54) is 30.4 Å². The second kappa shape index (κ2) is 5.61. The van der Waals surface area contributed by atoms with E-state index in [0.717, 1.165) is 24.0 Å². The zero-order chi connectivity index (χ0) is 14.2. The third-order valence-electron chi connectivity index (χ3n) is 4.45. The largest absolute Gasteiger partial charge is 0.487 e. The summed E-state index contributed by atoms with van der Waals surface area (Å²) in [6.45, 7) is 5.30. The molecule has 20 heavy (non-hydrogen) atoms. The van der Waals surface area contributed by atoms with Crippen LogP contribution in [0.15, 0.2) is 18.2 Å². The molecule has 3 rings (SSSR count). The molecule has 2 unspecified atom stereocenters. The van der Waals surface area contributed by atoms with Crippen molar-refractivity contribution in [1.29, 1.82) is 0 Å². The van der Waals surface area contributed by atoms with Gasteiger partial charge in [0.05, 0.1) is 0 Å². The van der Waals surface area contributed by atoms with E-state index in [0.29, 0.717) is 6.04 Å². The van der Waals surface area contributed by atoms with Gasteiger partial charge in [-0.05, 0) is 50.1 Å². The monoisotopic (exact) mass is 291 g/mol. The molecule has 0 bridgehead atoms. The van der Waals surface area contributed by atoms with Crippen molar-refractivity contribution < 1.29 is 4.74 Å². The Labute approximate surface area is 126 Å². The Morgan fingerprint density at radius 2 is 2.20 bits per heavy atom. The highest BCUT2D eigenvalue weighted by Crippen LogP contribution is 2.35. The number of hydrogen-bond donors (Lipinski definition) is 1. The molecule has 0 spiro atoms. The Balaban J connectivity index is 1.62. The van der Waals surface area contributed by atoms with Crippen molar-refractivity contribution in [2.24, 2.45) is 0 Å². The van der Waals surface area contributed by atoms with Crippen molar-refractivity contribution >= 4 is 11.8 Å². The van der Waals surface area contributed by atoms with Crippen molar-refractivity contribution in [2.75, 3.05) is 6.26 Å². The van der Waals surface area contributed by atoms with E-state index in [9.17, 15) is 0 Å². The van der Waals surface area contributed by atoms with Crippen LogP contribution < -0.4 is 10.1 Å². The molecular formula is C17H25NOS. The zero-order valence-electron chi connectivity index (χ0n) is 12.7. The standard InChI is InChI=1S/C17H25NOS/c1-17(2)10-13-9-12(7-8-15(13)19-17)11-18-14-5-4-6-16(14)20-3/h7-9,14,16,18H,4-6,10-11H2,1-3H3. The van der Waals surface area contributed by atoms with Gasteiger partial charge in [0.25, 0.3) is 0 Å². The van der Waals surface area contributed by atoms with Crippen molar-refractivity contribution in [3.63, 3.8) is 0 Å². The number of ether oxygens (including phenoxy) is 1. The van der Waals surface area contributed by atoms with E-state index in [1.807, 2.05) is 11.8 Å². The van der Waals surface area contributed by atoms with Gasteiger partial charge in [-0.25, -0.2) is 0 Å². The summed E-state index contributed by atoms with van der Waals surface area (Å²) < 4.78 is 5.94. The van der Waals surface area contributed by atoms with E-state index >= 15 is 0 Å². The quantitative estimate of drug-likeness (QED) is 0.912. The van der Waals surface area contributed by atoms with E-state index in [-0.39, 0.29) is 5.60 Å². The molecule has 1 heterocycles. The van der Waals surface area contributed by atoms with Crippen LogP contribution in [0.25, 0.3) is 0 Å². The fourth-order valence-corrected chi connectivity index (χ4v) is 4.43. The summed E-state index contributed by atoms with van der Waals surface area (Å²) in [5.74, 6) is 1.07. The second-order valence-electron chi connectivity index (χ2n) is 6.67. The van der Waals surface area contributed by atoms with Gasteiger partial charge >= 0.3 is 0 Å². The lowest BCUT2D eigenvalue weighted by molar-refractivity contribution is 0.138. The van der Waals surface area contributed by atoms with Gasteiger partial charge in [0.2, 0.25) is 0 Å². The van der Waals surface area contributed by atoms with Crippen LogP contribution >= 0.6 is 11.8 Å². The van der Waals surface area contributed by atoms with E-state index in [1.54, 1.807) is 0 Å². The van der Waals surface area contributed by atoms with Crippen LogP contribution in [0.2, 0.25) is 0 Å². The van der Waals surface area contributed by atoms with Gasteiger partial charge in [-0.2, -0.15) is 11.8 Å². The Kier molecular flexibility index (Phi) is 4.00. The molecular weight excluding hydrogens is 266 g/mol. The van der Waals surface area contributed by atoms with Crippen molar-refractivity contribution in [3.05, 3.63) is 29.3 Å². The fourth-order valence-electron chi connectivity index (χ4n) is 3.46. The lowest BCUT2D eigenvalue weighted by atomic mass is 10.00. The molecule has 2 aliphatic rings. The van der Waals surface area contributed by atoms with Gasteiger partial charge < -0.3 is 10.1 Å². The summed E-state index contributed by atoms with van der Waals surface area (Å²) in [6, 6.07) is 7.35. The lowest BCUT2D eigenvalue weighted by Crippen LogP contribution is -2.33. The second-order valence-corrected chi connectivity index (χ2v) is 7.75. The molecule has 2 nitrogen and oxygen atoms in total. The fraction of sp³-hybridized carbons (Fsp3) is 0.647. The van der Waals surface area contributed by atoms with Crippen molar-refractivity contribution in [3.8, 4) is 5.75 Å². The highest BCUT2D eigenvalue weighted by atomic mass is 32.2. The van der Waals surface area contributed by atoms with Gasteiger partial charge in [0.15, 0.2) is 0 Å². The minimum atomic E-state index is -0.0379. The normalized spacial score (nSPS) is 27.4. The summed E-state index contributed by atoms with van der Waals surface area (Å²) in [6.07, 6.45) is 7.32. The number of fused-ring (bicyclic) bond motifs is 1. The van der Waals surface area contributed by atoms with Crippen LogP contribution in [-0.4, -0.2) is 23.1 Å². The highest BCUT2D eigenvalue weighted by molar-refractivity contribution is 7.99. The third kappa shape index (κ3) is 2.99. The number of hydrogen-bond acceptors (Lipinski definition) is 3. The molecule has 110 valence electrons. The number of rotatable bonds is 4. The van der Waals surface area contributed by atoms with Crippen LogP contribution in [0.4, 0.5) is 0 Å². The molecule has 1 aliphatic carbocycles. The zero-order valence-corrected chi connectivity index (χ0v) is 13.6. The maximum absolute atomic E-state index is 5.94. The van der Waals surface area contributed by atoms with Crippen LogP contribution in [0.5, 0.6) is 5.75 Å². The average molecular weight is 291 g/mol. The smallest absolute Gasteiger partial charge is 0.123 e. The van der Waals surface area contributed by atoms with Crippen LogP contribution in [0, 0.1) is 0 Å². The first kappa shape index (κ1) is 14.3. The summed E-state index contributed by atoms with van der Waals surface area (Å²) in [7, 11) is 0. The Morgan fingerprint density at radius 3 is 3.00 bits per heavy atom. The van der Waals surface area contributed by atoms with Crippen LogP contribution in [0.1, 0.15) is 44.2 Å². The topological polar surface area (TPSA) is 21.3 Å². The highest BCUT2D eigenvalue weighted by Gasteiger charge is 2.30. The number of nitrogens with one attached hydrogen (secondary N) is 1. The molecule has 3 heteroatoms. The molecule has 0 amide bonds. The maximum atomic E-state index is 5.94. The van der Waals surface area contributed by atoms with Crippen molar-refractivity contribution in [1.82, 2.24) is 5.32 Å². The van der Waals surface area contributed by atoms with E-state index in [2.05, 4.69) is 43.6 Å². The van der Waals surface area contributed by atoms with E-state index < -0.39 is 0 Å². The van der Waals surface area contributed by atoms with Gasteiger partial charge in [-0.15, -0.1) is 0 Å². The van der Waals surface area contributed by atoms with E-state index in [4.69, 9.17) is 4.74 Å². The molecule has 2 atom stereocenters. The molecule has 1 fully saturated rings.